The van der Waals surface area contributed by atoms with Gasteiger partial charge in [-0.15, -0.1) is 22.7 Å². The number of oxazole rings is 1. The quantitative estimate of drug-likeness (QED) is 0.683. The number of rotatable bonds is 6. The molecule has 0 aromatic carbocycles. The van der Waals surface area contributed by atoms with Gasteiger partial charge in [-0.05, 0) is 25.3 Å². The number of nitrogens with zero attached hydrogens (tertiary/aromatic N) is 2. The van der Waals surface area contributed by atoms with Crippen LogP contribution in [0.25, 0.3) is 10.8 Å². The number of aryl methyl sites for hydroxylation is 1. The predicted molar refractivity (Wildman–Crippen MR) is 93.9 cm³/mol. The summed E-state index contributed by atoms with van der Waals surface area (Å²) in [6.07, 6.45) is 1.55. The van der Waals surface area contributed by atoms with Gasteiger partial charge in [0.25, 0.3) is 0 Å². The first-order valence-corrected chi connectivity index (χ1v) is 9.12. The van der Waals surface area contributed by atoms with E-state index in [2.05, 4.69) is 15.3 Å². The van der Waals surface area contributed by atoms with Crippen LogP contribution < -0.4 is 5.32 Å². The third-order valence-electron chi connectivity index (χ3n) is 3.38. The smallest absolute Gasteiger partial charge is 0.347 e. The van der Waals surface area contributed by atoms with Crippen LogP contribution in [0.2, 0.25) is 0 Å². The molecule has 0 radical (unpaired) electrons. The van der Waals surface area contributed by atoms with E-state index < -0.39 is 5.97 Å². The highest BCUT2D eigenvalue weighted by Gasteiger charge is 2.20. The van der Waals surface area contributed by atoms with Crippen molar-refractivity contribution in [2.45, 2.75) is 26.3 Å². The fraction of sp³-hybridized carbons (Fsp3) is 0.250. The van der Waals surface area contributed by atoms with Crippen molar-refractivity contribution in [2.75, 3.05) is 0 Å². The minimum Gasteiger partial charge on any atom is -0.477 e. The summed E-state index contributed by atoms with van der Waals surface area (Å²) in [5.74, 6) is -0.751. The maximum atomic E-state index is 12.2. The number of thiophene rings is 1. The summed E-state index contributed by atoms with van der Waals surface area (Å²) in [5, 5.41) is 14.4. The standard InChI is InChI=1S/C16H15N3O4S2/c1-8-13(16(21)22)25-15(18-8)9(2)17-12(20)6-10-7-23-14(19-10)11-4-3-5-24-11/h3-5,7,9H,6H2,1-2H3,(H,17,20)(H,21,22). The molecule has 25 heavy (non-hydrogen) atoms. The number of aromatic nitrogens is 2. The zero-order chi connectivity index (χ0) is 18.0. The van der Waals surface area contributed by atoms with Crippen molar-refractivity contribution >= 4 is 34.6 Å². The Kier molecular flexibility index (Phi) is 4.95. The molecule has 3 aromatic heterocycles. The van der Waals surface area contributed by atoms with E-state index in [1.165, 1.54) is 17.6 Å². The summed E-state index contributed by atoms with van der Waals surface area (Å²) in [4.78, 5) is 32.9. The Bertz CT molecular complexity index is 899. The second-order valence-corrected chi connectivity index (χ2v) is 7.34. The van der Waals surface area contributed by atoms with Gasteiger partial charge in [0, 0.05) is 0 Å². The Morgan fingerprint density at radius 2 is 2.20 bits per heavy atom. The van der Waals surface area contributed by atoms with E-state index in [4.69, 9.17) is 9.52 Å². The molecule has 0 bridgehead atoms. The monoisotopic (exact) mass is 377 g/mol. The lowest BCUT2D eigenvalue weighted by Gasteiger charge is -2.10. The van der Waals surface area contributed by atoms with Crippen LogP contribution in [0.15, 0.2) is 28.2 Å². The Hall–Kier alpha value is -2.52. The molecule has 0 aliphatic carbocycles. The van der Waals surface area contributed by atoms with E-state index in [0.717, 1.165) is 16.2 Å². The first kappa shape index (κ1) is 17.3. The molecule has 0 aliphatic heterocycles. The first-order chi connectivity index (χ1) is 11.9. The van der Waals surface area contributed by atoms with Crippen LogP contribution in [0.3, 0.4) is 0 Å². The van der Waals surface area contributed by atoms with Gasteiger partial charge in [-0.25, -0.2) is 14.8 Å². The molecule has 7 nitrogen and oxygen atoms in total. The molecule has 1 amide bonds. The van der Waals surface area contributed by atoms with E-state index in [-0.39, 0.29) is 23.2 Å². The second-order valence-electron chi connectivity index (χ2n) is 5.36. The van der Waals surface area contributed by atoms with Crippen molar-refractivity contribution in [1.29, 1.82) is 0 Å². The van der Waals surface area contributed by atoms with Crippen LogP contribution in [0, 0.1) is 6.92 Å². The Morgan fingerprint density at radius 3 is 2.84 bits per heavy atom. The summed E-state index contributed by atoms with van der Waals surface area (Å²) in [6, 6.07) is 3.42. The summed E-state index contributed by atoms with van der Waals surface area (Å²) >= 11 is 2.58. The fourth-order valence-corrected chi connectivity index (χ4v) is 3.78. The number of aromatic carboxylic acids is 1. The molecule has 1 unspecified atom stereocenters. The first-order valence-electron chi connectivity index (χ1n) is 7.42. The minimum absolute atomic E-state index is 0.0787. The van der Waals surface area contributed by atoms with Gasteiger partial charge in [0.05, 0.1) is 28.7 Å². The molecule has 3 aromatic rings. The number of hydrogen-bond donors (Lipinski definition) is 2. The molecular formula is C16H15N3O4S2. The van der Waals surface area contributed by atoms with Gasteiger partial charge in [0.2, 0.25) is 11.8 Å². The molecule has 9 heteroatoms. The highest BCUT2D eigenvalue weighted by molar-refractivity contribution is 7.14. The topological polar surface area (TPSA) is 105 Å². The van der Waals surface area contributed by atoms with Gasteiger partial charge in [-0.2, -0.15) is 0 Å². The summed E-state index contributed by atoms with van der Waals surface area (Å²) in [7, 11) is 0. The van der Waals surface area contributed by atoms with Gasteiger partial charge in [0.1, 0.15) is 16.1 Å². The van der Waals surface area contributed by atoms with Crippen LogP contribution in [0.1, 0.15) is 39.0 Å². The average molecular weight is 377 g/mol. The third kappa shape index (κ3) is 3.94. The van der Waals surface area contributed by atoms with Crippen molar-refractivity contribution in [3.63, 3.8) is 0 Å². The van der Waals surface area contributed by atoms with E-state index in [9.17, 15) is 9.59 Å². The largest absolute Gasteiger partial charge is 0.477 e. The van der Waals surface area contributed by atoms with E-state index >= 15 is 0 Å². The highest BCUT2D eigenvalue weighted by Crippen LogP contribution is 2.25. The molecule has 3 heterocycles. The summed E-state index contributed by atoms with van der Waals surface area (Å²) in [6.45, 7) is 3.40. The Labute approximate surface area is 151 Å². The minimum atomic E-state index is -1.01. The molecule has 0 saturated carbocycles. The van der Waals surface area contributed by atoms with Crippen molar-refractivity contribution in [3.8, 4) is 10.8 Å². The van der Waals surface area contributed by atoms with E-state index in [0.29, 0.717) is 22.3 Å². The molecule has 1 atom stereocenters. The number of amides is 1. The normalized spacial score (nSPS) is 12.1. The summed E-state index contributed by atoms with van der Waals surface area (Å²) < 4.78 is 5.39. The van der Waals surface area contributed by atoms with Gasteiger partial charge in [0.15, 0.2) is 0 Å². The molecule has 130 valence electrons. The molecule has 0 spiro atoms. The molecule has 2 N–H and O–H groups in total. The lowest BCUT2D eigenvalue weighted by Crippen LogP contribution is -2.28. The number of hydrogen-bond acceptors (Lipinski definition) is 7. The Balaban J connectivity index is 1.62. The highest BCUT2D eigenvalue weighted by atomic mass is 32.1. The van der Waals surface area contributed by atoms with Crippen LogP contribution in [-0.4, -0.2) is 27.0 Å². The van der Waals surface area contributed by atoms with Crippen molar-refractivity contribution in [1.82, 2.24) is 15.3 Å². The SMILES string of the molecule is Cc1nc(C(C)NC(=O)Cc2coc(-c3cccs3)n2)sc1C(=O)O. The molecular weight excluding hydrogens is 362 g/mol. The van der Waals surface area contributed by atoms with Crippen LogP contribution >= 0.6 is 22.7 Å². The van der Waals surface area contributed by atoms with Gasteiger partial charge >= 0.3 is 5.97 Å². The predicted octanol–water partition coefficient (Wildman–Crippen LogP) is 3.29. The lowest BCUT2D eigenvalue weighted by atomic mass is 10.3. The molecule has 3 rings (SSSR count). The van der Waals surface area contributed by atoms with E-state index in [1.807, 2.05) is 17.5 Å². The van der Waals surface area contributed by atoms with Crippen molar-refractivity contribution in [3.05, 3.63) is 45.0 Å². The van der Waals surface area contributed by atoms with Crippen molar-refractivity contribution < 1.29 is 19.1 Å². The number of thiazole rings is 1. The number of carboxylic acids is 1. The lowest BCUT2D eigenvalue weighted by molar-refractivity contribution is -0.121. The van der Waals surface area contributed by atoms with Crippen molar-refractivity contribution in [2.24, 2.45) is 0 Å². The van der Waals surface area contributed by atoms with Crippen LogP contribution in [-0.2, 0) is 11.2 Å². The summed E-state index contributed by atoms with van der Waals surface area (Å²) in [5.41, 5.74) is 0.986. The zero-order valence-corrected chi connectivity index (χ0v) is 15.1. The number of carboxylic acid groups (broad SMARTS) is 1. The van der Waals surface area contributed by atoms with Gasteiger partial charge in [-0.3, -0.25) is 4.79 Å². The second kappa shape index (κ2) is 7.16. The maximum Gasteiger partial charge on any atom is 0.347 e. The van der Waals surface area contributed by atoms with Gasteiger partial charge in [-0.1, -0.05) is 6.07 Å². The number of carbonyl (C=O) groups excluding carboxylic acids is 1. The molecule has 0 saturated heterocycles. The Morgan fingerprint density at radius 1 is 1.40 bits per heavy atom. The van der Waals surface area contributed by atoms with E-state index in [1.54, 1.807) is 13.8 Å². The fourth-order valence-electron chi connectivity index (χ4n) is 2.22. The van der Waals surface area contributed by atoms with Gasteiger partial charge < -0.3 is 14.8 Å². The van der Waals surface area contributed by atoms with Crippen LogP contribution in [0.5, 0.6) is 0 Å². The molecule has 0 fully saturated rings. The maximum absolute atomic E-state index is 12.2. The molecule has 0 aliphatic rings. The van der Waals surface area contributed by atoms with Crippen LogP contribution in [0.4, 0.5) is 0 Å². The number of nitrogens with one attached hydrogen (secondary N) is 1. The number of carbonyl (C=O) groups is 2. The third-order valence-corrected chi connectivity index (χ3v) is 5.57. The average Bonchev–Trinajstić information content (AvgIpc) is 3.25. The zero-order valence-electron chi connectivity index (χ0n) is 13.5.